The zero-order valence-electron chi connectivity index (χ0n) is 14.3. The van der Waals surface area contributed by atoms with Crippen LogP contribution >= 0.6 is 0 Å². The number of aliphatic carboxylic acids is 1. The molecule has 2 heteroatoms. The van der Waals surface area contributed by atoms with Crippen molar-refractivity contribution in [2.45, 2.75) is 84.0 Å². The highest BCUT2D eigenvalue weighted by Gasteiger charge is 1.91. The molecular weight excluding hydrogens is 272 g/mol. The predicted molar refractivity (Wildman–Crippen MR) is 96.1 cm³/mol. The van der Waals surface area contributed by atoms with Crippen molar-refractivity contribution in [1.29, 1.82) is 0 Å². The summed E-state index contributed by atoms with van der Waals surface area (Å²) in [5, 5.41) is 8.43. The zero-order chi connectivity index (χ0) is 16.3. The first-order valence-corrected chi connectivity index (χ1v) is 8.96. The molecule has 0 amide bonds. The van der Waals surface area contributed by atoms with Gasteiger partial charge < -0.3 is 5.11 Å². The van der Waals surface area contributed by atoms with Crippen LogP contribution in [0.15, 0.2) is 36.5 Å². The van der Waals surface area contributed by atoms with Gasteiger partial charge in [-0.15, -0.1) is 0 Å². The number of allylic oxidation sites excluding steroid dienone is 5. The second-order valence-electron chi connectivity index (χ2n) is 5.73. The maximum atomic E-state index is 10.2. The monoisotopic (exact) mass is 306 g/mol. The molecular formula is C20H34O2. The van der Waals surface area contributed by atoms with Crippen LogP contribution in [0, 0.1) is 0 Å². The van der Waals surface area contributed by atoms with E-state index in [4.69, 9.17) is 5.11 Å². The Morgan fingerprint density at radius 2 is 1.23 bits per heavy atom. The summed E-state index contributed by atoms with van der Waals surface area (Å²) < 4.78 is 0. The first-order valence-electron chi connectivity index (χ1n) is 8.96. The van der Waals surface area contributed by atoms with Crippen molar-refractivity contribution in [2.75, 3.05) is 0 Å². The quantitative estimate of drug-likeness (QED) is 0.215. The summed E-state index contributed by atoms with van der Waals surface area (Å²) in [7, 11) is 0. The van der Waals surface area contributed by atoms with E-state index in [2.05, 4.69) is 25.2 Å². The Morgan fingerprint density at radius 3 is 1.73 bits per heavy atom. The van der Waals surface area contributed by atoms with Gasteiger partial charge in [0.1, 0.15) is 0 Å². The van der Waals surface area contributed by atoms with Crippen molar-refractivity contribution < 1.29 is 9.90 Å². The highest BCUT2D eigenvalue weighted by Crippen LogP contribution is 2.11. The average molecular weight is 306 g/mol. The molecule has 0 heterocycles. The fourth-order valence-corrected chi connectivity index (χ4v) is 2.33. The van der Waals surface area contributed by atoms with Crippen molar-refractivity contribution in [3.63, 3.8) is 0 Å². The summed E-state index contributed by atoms with van der Waals surface area (Å²) in [5.41, 5.74) is 0. The van der Waals surface area contributed by atoms with Gasteiger partial charge >= 0.3 is 5.97 Å². The predicted octanol–water partition coefficient (Wildman–Crippen LogP) is 6.44. The summed E-state index contributed by atoms with van der Waals surface area (Å²) >= 11 is 0. The number of unbranched alkanes of at least 4 members (excludes halogenated alkanes) is 9. The minimum Gasteiger partial charge on any atom is -0.478 e. The third-order valence-electron chi connectivity index (χ3n) is 3.59. The van der Waals surface area contributed by atoms with Crippen molar-refractivity contribution >= 4 is 5.97 Å². The van der Waals surface area contributed by atoms with E-state index >= 15 is 0 Å². The number of rotatable bonds is 15. The van der Waals surface area contributed by atoms with Crippen molar-refractivity contribution in [3.05, 3.63) is 36.5 Å². The van der Waals surface area contributed by atoms with Crippen molar-refractivity contribution in [2.24, 2.45) is 0 Å². The maximum absolute atomic E-state index is 10.2. The molecule has 0 aromatic rings. The highest BCUT2D eigenvalue weighted by atomic mass is 16.4. The summed E-state index contributed by atoms with van der Waals surface area (Å²) in [4.78, 5) is 10.2. The fourth-order valence-electron chi connectivity index (χ4n) is 2.33. The molecule has 0 saturated carbocycles. The first kappa shape index (κ1) is 20.7. The van der Waals surface area contributed by atoms with E-state index in [1.807, 2.05) is 6.08 Å². The van der Waals surface area contributed by atoms with E-state index in [0.29, 0.717) is 0 Å². The molecule has 0 aromatic heterocycles. The molecule has 22 heavy (non-hydrogen) atoms. The molecule has 0 spiro atoms. The topological polar surface area (TPSA) is 37.3 Å². The lowest BCUT2D eigenvalue weighted by atomic mass is 10.1. The van der Waals surface area contributed by atoms with Crippen LogP contribution in [0.4, 0.5) is 0 Å². The third kappa shape index (κ3) is 18.7. The van der Waals surface area contributed by atoms with Gasteiger partial charge in [-0.2, -0.15) is 0 Å². The van der Waals surface area contributed by atoms with Crippen molar-refractivity contribution in [3.8, 4) is 0 Å². The fraction of sp³-hybridized carbons (Fsp3) is 0.650. The Hall–Kier alpha value is -1.31. The standard InChI is InChI=1S/C20H34O2/c1-2-3-4-5-6-7-8-9-10-11-12-13-14-15-16-17-18-19-20(21)22/h3-4,15-16,18-19H,2,5-14,17H2,1H3,(H,21,22). The van der Waals surface area contributed by atoms with Crippen LogP contribution in [0.3, 0.4) is 0 Å². The second kappa shape index (κ2) is 17.7. The van der Waals surface area contributed by atoms with E-state index in [1.54, 1.807) is 6.08 Å². The highest BCUT2D eigenvalue weighted by molar-refractivity contribution is 5.79. The molecule has 1 N–H and O–H groups in total. The summed E-state index contributed by atoms with van der Waals surface area (Å²) in [6.07, 6.45) is 26.7. The van der Waals surface area contributed by atoms with Gasteiger partial charge in [0.05, 0.1) is 0 Å². The van der Waals surface area contributed by atoms with Gasteiger partial charge in [-0.25, -0.2) is 4.79 Å². The number of carbonyl (C=O) groups is 1. The van der Waals surface area contributed by atoms with Crippen LogP contribution in [0.25, 0.3) is 0 Å². The van der Waals surface area contributed by atoms with E-state index < -0.39 is 5.97 Å². The Balaban J connectivity index is 3.15. The van der Waals surface area contributed by atoms with Gasteiger partial charge in [-0.3, -0.25) is 0 Å². The summed E-state index contributed by atoms with van der Waals surface area (Å²) in [5.74, 6) is -0.870. The lowest BCUT2D eigenvalue weighted by Gasteiger charge is -2.00. The average Bonchev–Trinajstić information content (AvgIpc) is 2.50. The molecule has 0 radical (unpaired) electrons. The zero-order valence-corrected chi connectivity index (χ0v) is 14.3. The smallest absolute Gasteiger partial charge is 0.327 e. The number of hydrogen-bond donors (Lipinski definition) is 1. The molecule has 0 atom stereocenters. The van der Waals surface area contributed by atoms with E-state index in [1.165, 1.54) is 63.9 Å². The van der Waals surface area contributed by atoms with E-state index in [0.717, 1.165) is 19.3 Å². The Bertz CT molecular complexity index is 327. The lowest BCUT2D eigenvalue weighted by Crippen LogP contribution is -1.84. The number of carboxylic acids is 1. The van der Waals surface area contributed by atoms with Gasteiger partial charge in [-0.1, -0.05) is 75.8 Å². The number of carboxylic acid groups (broad SMARTS) is 1. The molecule has 2 nitrogen and oxygen atoms in total. The van der Waals surface area contributed by atoms with Crippen LogP contribution in [0.2, 0.25) is 0 Å². The third-order valence-corrected chi connectivity index (χ3v) is 3.59. The SMILES string of the molecule is CCC=CCCCCCCCCCCC=CCC=CC(=O)O. The molecule has 0 unspecified atom stereocenters. The van der Waals surface area contributed by atoms with Gasteiger partial charge in [0.15, 0.2) is 0 Å². The van der Waals surface area contributed by atoms with Crippen LogP contribution in [0.1, 0.15) is 84.0 Å². The van der Waals surface area contributed by atoms with Crippen LogP contribution < -0.4 is 0 Å². The molecule has 0 aromatic carbocycles. The van der Waals surface area contributed by atoms with Crippen LogP contribution in [0.5, 0.6) is 0 Å². The first-order chi connectivity index (χ1) is 10.8. The van der Waals surface area contributed by atoms with Crippen molar-refractivity contribution in [1.82, 2.24) is 0 Å². The molecule has 0 aliphatic heterocycles. The molecule has 0 aliphatic rings. The van der Waals surface area contributed by atoms with E-state index in [-0.39, 0.29) is 0 Å². The molecule has 0 rings (SSSR count). The van der Waals surface area contributed by atoms with Gasteiger partial charge in [0, 0.05) is 6.08 Å². The maximum Gasteiger partial charge on any atom is 0.327 e. The molecule has 0 aliphatic carbocycles. The Kier molecular flexibility index (Phi) is 16.7. The normalized spacial score (nSPS) is 12.0. The number of hydrogen-bond acceptors (Lipinski definition) is 1. The van der Waals surface area contributed by atoms with Crippen LogP contribution in [-0.4, -0.2) is 11.1 Å². The Labute approximate surface area is 137 Å². The van der Waals surface area contributed by atoms with E-state index in [9.17, 15) is 4.79 Å². The van der Waals surface area contributed by atoms with Gasteiger partial charge in [0.2, 0.25) is 0 Å². The van der Waals surface area contributed by atoms with Gasteiger partial charge in [-0.05, 0) is 38.5 Å². The minimum absolute atomic E-state index is 0.722. The molecule has 0 fully saturated rings. The second-order valence-corrected chi connectivity index (χ2v) is 5.73. The van der Waals surface area contributed by atoms with Crippen LogP contribution in [-0.2, 0) is 4.79 Å². The lowest BCUT2D eigenvalue weighted by molar-refractivity contribution is -0.131. The minimum atomic E-state index is -0.870. The molecule has 0 saturated heterocycles. The summed E-state index contributed by atoms with van der Waals surface area (Å²) in [6.45, 7) is 2.18. The summed E-state index contributed by atoms with van der Waals surface area (Å²) in [6, 6.07) is 0. The molecule has 126 valence electrons. The van der Waals surface area contributed by atoms with Gasteiger partial charge in [0.25, 0.3) is 0 Å². The Morgan fingerprint density at radius 1 is 0.727 bits per heavy atom. The molecule has 0 bridgehead atoms. The largest absolute Gasteiger partial charge is 0.478 e.